The van der Waals surface area contributed by atoms with E-state index >= 15 is 0 Å². The van der Waals surface area contributed by atoms with Gasteiger partial charge in [0.05, 0.1) is 16.6 Å². The summed E-state index contributed by atoms with van der Waals surface area (Å²) in [7, 11) is 0. The van der Waals surface area contributed by atoms with Crippen LogP contribution in [0.15, 0.2) is 47.5 Å². The van der Waals surface area contributed by atoms with E-state index in [1.807, 2.05) is 24.3 Å². The molecule has 0 unspecified atom stereocenters. The van der Waals surface area contributed by atoms with Crippen LogP contribution in [-0.4, -0.2) is 24.0 Å². The molecule has 1 aliphatic heterocycles. The van der Waals surface area contributed by atoms with Gasteiger partial charge in [0.1, 0.15) is 12.4 Å². The van der Waals surface area contributed by atoms with Crippen LogP contribution in [0.3, 0.4) is 0 Å². The van der Waals surface area contributed by atoms with E-state index in [2.05, 4.69) is 22.4 Å². The number of amidine groups is 1. The van der Waals surface area contributed by atoms with Gasteiger partial charge in [0.25, 0.3) is 0 Å². The van der Waals surface area contributed by atoms with Gasteiger partial charge in [-0.3, -0.25) is 4.99 Å². The summed E-state index contributed by atoms with van der Waals surface area (Å²) >= 11 is 13.7. The molecule has 0 aromatic heterocycles. The van der Waals surface area contributed by atoms with E-state index in [1.165, 1.54) is 5.56 Å². The first-order valence-electron chi connectivity index (χ1n) is 7.77. The molecule has 0 fully saturated rings. The molecule has 3 nitrogen and oxygen atoms in total. The molecular formula is C18H18Cl2N2OS. The third kappa shape index (κ3) is 5.07. The van der Waals surface area contributed by atoms with Gasteiger partial charge >= 0.3 is 0 Å². The Hall–Kier alpha value is -1.36. The Bertz CT molecular complexity index is 719. The molecule has 2 aromatic carbocycles. The summed E-state index contributed by atoms with van der Waals surface area (Å²) in [6.07, 6.45) is 1.01. The average Bonchev–Trinajstić information content (AvgIpc) is 3.10. The Labute approximate surface area is 156 Å². The maximum absolute atomic E-state index is 6.01. The molecule has 3 rings (SSSR count). The molecule has 0 amide bonds. The first-order valence-corrected chi connectivity index (χ1v) is 9.51. The van der Waals surface area contributed by atoms with E-state index in [1.54, 1.807) is 17.8 Å². The van der Waals surface area contributed by atoms with Gasteiger partial charge in [0.2, 0.25) is 0 Å². The molecule has 1 aliphatic rings. The van der Waals surface area contributed by atoms with Crippen LogP contribution >= 0.6 is 35.0 Å². The number of nitrogens with zero attached hydrogens (tertiary/aromatic N) is 1. The third-order valence-corrected chi connectivity index (χ3v) is 5.28. The maximum Gasteiger partial charge on any atom is 0.156 e. The van der Waals surface area contributed by atoms with Crippen molar-refractivity contribution >= 4 is 40.1 Å². The van der Waals surface area contributed by atoms with Crippen LogP contribution in [0.5, 0.6) is 5.75 Å². The standard InChI is InChI=1S/C18H18Cl2N2OS/c19-16-6-3-14(11-17(16)20)12-23-15-4-1-13(2-5-15)7-10-24-18-21-8-9-22-18/h1-6,11H,7-10,12H2,(H,21,22). The molecule has 2 aromatic rings. The van der Waals surface area contributed by atoms with Gasteiger partial charge in [-0.1, -0.05) is 53.2 Å². The van der Waals surface area contributed by atoms with E-state index in [9.17, 15) is 0 Å². The zero-order valence-corrected chi connectivity index (χ0v) is 15.4. The summed E-state index contributed by atoms with van der Waals surface area (Å²) in [5.74, 6) is 1.87. The Balaban J connectivity index is 1.46. The summed E-state index contributed by atoms with van der Waals surface area (Å²) in [4.78, 5) is 4.38. The molecule has 126 valence electrons. The van der Waals surface area contributed by atoms with Crippen molar-refractivity contribution in [2.45, 2.75) is 13.0 Å². The van der Waals surface area contributed by atoms with Gasteiger partial charge < -0.3 is 10.1 Å². The number of rotatable bonds is 6. The number of benzene rings is 2. The van der Waals surface area contributed by atoms with Crippen molar-refractivity contribution in [3.63, 3.8) is 0 Å². The number of aliphatic imine (C=N–C) groups is 1. The summed E-state index contributed by atoms with van der Waals surface area (Å²) in [5, 5.41) is 5.44. The van der Waals surface area contributed by atoms with Crippen molar-refractivity contribution in [3.8, 4) is 5.75 Å². The molecule has 0 aliphatic carbocycles. The number of thioether (sulfide) groups is 1. The fraction of sp³-hybridized carbons (Fsp3) is 0.278. The molecule has 6 heteroatoms. The van der Waals surface area contributed by atoms with Crippen LogP contribution in [0.25, 0.3) is 0 Å². The second kappa shape index (κ2) is 8.65. The van der Waals surface area contributed by atoms with E-state index < -0.39 is 0 Å². The fourth-order valence-corrected chi connectivity index (χ4v) is 3.53. The molecule has 1 heterocycles. The molecular weight excluding hydrogens is 363 g/mol. The predicted octanol–water partition coefficient (Wildman–Crippen LogP) is 4.81. The van der Waals surface area contributed by atoms with Crippen LogP contribution in [0.2, 0.25) is 10.0 Å². The molecule has 0 saturated heterocycles. The van der Waals surface area contributed by atoms with E-state index in [0.29, 0.717) is 16.7 Å². The minimum absolute atomic E-state index is 0.470. The van der Waals surface area contributed by atoms with Crippen molar-refractivity contribution in [1.29, 1.82) is 0 Å². The highest BCUT2D eigenvalue weighted by Gasteiger charge is 2.05. The lowest BCUT2D eigenvalue weighted by molar-refractivity contribution is 0.306. The van der Waals surface area contributed by atoms with E-state index in [-0.39, 0.29) is 0 Å². The second-order valence-corrected chi connectivity index (χ2v) is 7.29. The maximum atomic E-state index is 6.01. The van der Waals surface area contributed by atoms with Crippen molar-refractivity contribution in [3.05, 3.63) is 63.6 Å². The summed E-state index contributed by atoms with van der Waals surface area (Å²) in [5.41, 5.74) is 2.29. The van der Waals surface area contributed by atoms with Crippen LogP contribution in [0.4, 0.5) is 0 Å². The van der Waals surface area contributed by atoms with Crippen molar-refractivity contribution < 1.29 is 4.74 Å². The van der Waals surface area contributed by atoms with E-state index in [4.69, 9.17) is 27.9 Å². The average molecular weight is 381 g/mol. The molecule has 24 heavy (non-hydrogen) atoms. The highest BCUT2D eigenvalue weighted by Crippen LogP contribution is 2.23. The Morgan fingerprint density at radius 3 is 2.54 bits per heavy atom. The van der Waals surface area contributed by atoms with Crippen LogP contribution in [0, 0.1) is 0 Å². The second-order valence-electron chi connectivity index (χ2n) is 5.39. The smallest absolute Gasteiger partial charge is 0.156 e. The number of hydrogen-bond donors (Lipinski definition) is 1. The summed E-state index contributed by atoms with van der Waals surface area (Å²) in [6, 6.07) is 13.7. The lowest BCUT2D eigenvalue weighted by atomic mass is 10.2. The number of aryl methyl sites for hydroxylation is 1. The lowest BCUT2D eigenvalue weighted by Crippen LogP contribution is -2.15. The van der Waals surface area contributed by atoms with Gasteiger partial charge in [0.15, 0.2) is 5.17 Å². The highest BCUT2D eigenvalue weighted by atomic mass is 35.5. The van der Waals surface area contributed by atoms with Crippen LogP contribution < -0.4 is 10.1 Å². The number of nitrogens with one attached hydrogen (secondary N) is 1. The molecule has 0 bridgehead atoms. The molecule has 1 N–H and O–H groups in total. The van der Waals surface area contributed by atoms with E-state index in [0.717, 1.165) is 41.7 Å². The highest BCUT2D eigenvalue weighted by molar-refractivity contribution is 8.13. The Morgan fingerprint density at radius 1 is 1.04 bits per heavy atom. The number of hydrogen-bond acceptors (Lipinski definition) is 4. The van der Waals surface area contributed by atoms with Gasteiger partial charge in [-0.2, -0.15) is 0 Å². The van der Waals surface area contributed by atoms with Crippen molar-refractivity contribution in [2.24, 2.45) is 4.99 Å². The normalized spacial score (nSPS) is 13.5. The largest absolute Gasteiger partial charge is 0.489 e. The van der Waals surface area contributed by atoms with Gasteiger partial charge in [-0.05, 0) is 41.8 Å². The van der Waals surface area contributed by atoms with Crippen LogP contribution in [0.1, 0.15) is 11.1 Å². The van der Waals surface area contributed by atoms with Gasteiger partial charge in [0, 0.05) is 12.3 Å². The third-order valence-electron chi connectivity index (χ3n) is 3.59. The zero-order chi connectivity index (χ0) is 16.8. The molecule has 0 saturated carbocycles. The zero-order valence-electron chi connectivity index (χ0n) is 13.1. The quantitative estimate of drug-likeness (QED) is 0.780. The topological polar surface area (TPSA) is 33.6 Å². The SMILES string of the molecule is Clc1ccc(COc2ccc(CCSC3=NCCN3)cc2)cc1Cl. The molecule has 0 atom stereocenters. The first kappa shape index (κ1) is 17.5. The monoisotopic (exact) mass is 380 g/mol. The Kier molecular flexibility index (Phi) is 6.30. The number of halogens is 2. The van der Waals surface area contributed by atoms with Crippen molar-refractivity contribution in [1.82, 2.24) is 5.32 Å². The van der Waals surface area contributed by atoms with Crippen LogP contribution in [-0.2, 0) is 13.0 Å². The van der Waals surface area contributed by atoms with Crippen molar-refractivity contribution in [2.75, 3.05) is 18.8 Å². The minimum Gasteiger partial charge on any atom is -0.489 e. The summed E-state index contributed by atoms with van der Waals surface area (Å²) in [6.45, 7) is 2.33. The molecule has 0 spiro atoms. The minimum atomic E-state index is 0.470. The van der Waals surface area contributed by atoms with Gasteiger partial charge in [-0.15, -0.1) is 0 Å². The predicted molar refractivity (Wildman–Crippen MR) is 104 cm³/mol. The van der Waals surface area contributed by atoms with Gasteiger partial charge in [-0.25, -0.2) is 0 Å². The Morgan fingerprint density at radius 2 is 1.83 bits per heavy atom. The lowest BCUT2D eigenvalue weighted by Gasteiger charge is -2.08. The number of ether oxygens (including phenoxy) is 1. The fourth-order valence-electron chi connectivity index (χ4n) is 2.29. The molecule has 0 radical (unpaired) electrons. The summed E-state index contributed by atoms with van der Waals surface area (Å²) < 4.78 is 5.79. The first-order chi connectivity index (χ1) is 11.7.